The van der Waals surface area contributed by atoms with Gasteiger partial charge in [0, 0.05) is 19.7 Å². The van der Waals surface area contributed by atoms with Crippen molar-refractivity contribution in [2.75, 3.05) is 32.1 Å². The molecule has 1 N–H and O–H groups in total. The van der Waals surface area contributed by atoms with Gasteiger partial charge in [-0.25, -0.2) is 0 Å². The number of rotatable bonds is 9. The van der Waals surface area contributed by atoms with Gasteiger partial charge in [-0.15, -0.1) is 0 Å². The Morgan fingerprint density at radius 2 is 1.66 bits per heavy atom. The predicted molar refractivity (Wildman–Crippen MR) is 108 cm³/mol. The fraction of sp³-hybridized carbons (Fsp3) is 0.227. The van der Waals surface area contributed by atoms with E-state index >= 15 is 0 Å². The van der Waals surface area contributed by atoms with Gasteiger partial charge in [0.15, 0.2) is 5.82 Å². The zero-order valence-corrected chi connectivity index (χ0v) is 16.2. The summed E-state index contributed by atoms with van der Waals surface area (Å²) in [6, 6.07) is 20.6. The molecule has 2 amide bonds. The molecule has 7 nitrogen and oxygen atoms in total. The Kier molecular flexibility index (Phi) is 7.13. The van der Waals surface area contributed by atoms with Crippen molar-refractivity contribution in [1.82, 2.24) is 10.1 Å². The minimum absolute atomic E-state index is 0.120. The molecule has 1 heterocycles. The molecular weight excluding hydrogens is 370 g/mol. The molecule has 2 aromatic carbocycles. The minimum atomic E-state index is -0.519. The molecule has 0 radical (unpaired) electrons. The van der Waals surface area contributed by atoms with E-state index in [1.165, 1.54) is 17.2 Å². The number of hydrogen-bond acceptors (Lipinski definition) is 5. The van der Waals surface area contributed by atoms with Crippen molar-refractivity contribution in [2.24, 2.45) is 0 Å². The van der Waals surface area contributed by atoms with Gasteiger partial charge in [-0.3, -0.25) is 9.59 Å². The largest absolute Gasteiger partial charge is 0.383 e. The fourth-order valence-corrected chi connectivity index (χ4v) is 3.05. The number of amides is 2. The van der Waals surface area contributed by atoms with E-state index in [0.717, 1.165) is 11.1 Å². The van der Waals surface area contributed by atoms with E-state index in [-0.39, 0.29) is 24.9 Å². The van der Waals surface area contributed by atoms with Crippen molar-refractivity contribution in [3.8, 4) is 0 Å². The molecule has 0 fully saturated rings. The Labute approximate surface area is 169 Å². The molecule has 0 aliphatic rings. The number of nitrogens with one attached hydrogen (secondary N) is 1. The van der Waals surface area contributed by atoms with Crippen molar-refractivity contribution in [3.63, 3.8) is 0 Å². The van der Waals surface area contributed by atoms with Crippen LogP contribution in [0.2, 0.25) is 0 Å². The summed E-state index contributed by atoms with van der Waals surface area (Å²) in [5.41, 5.74) is 1.73. The Bertz CT molecular complexity index is 859. The first-order valence-electron chi connectivity index (χ1n) is 9.27. The molecule has 0 atom stereocenters. The number of ether oxygens (including phenoxy) is 1. The molecule has 0 aliphatic heterocycles. The summed E-state index contributed by atoms with van der Waals surface area (Å²) in [5.74, 6) is -0.746. The van der Waals surface area contributed by atoms with Crippen LogP contribution in [0.15, 0.2) is 77.5 Å². The molecule has 29 heavy (non-hydrogen) atoms. The average molecular weight is 393 g/mol. The van der Waals surface area contributed by atoms with Gasteiger partial charge < -0.3 is 19.5 Å². The quantitative estimate of drug-likeness (QED) is 0.604. The summed E-state index contributed by atoms with van der Waals surface area (Å²) >= 11 is 0. The molecule has 1 aromatic heterocycles. The Hall–Kier alpha value is -3.45. The van der Waals surface area contributed by atoms with Gasteiger partial charge >= 0.3 is 0 Å². The molecule has 3 aromatic rings. The second-order valence-corrected chi connectivity index (χ2v) is 6.44. The van der Waals surface area contributed by atoms with Crippen molar-refractivity contribution in [1.29, 1.82) is 0 Å². The lowest BCUT2D eigenvalue weighted by atomic mass is 9.90. The lowest BCUT2D eigenvalue weighted by Gasteiger charge is -2.27. The zero-order valence-electron chi connectivity index (χ0n) is 16.2. The van der Waals surface area contributed by atoms with Crippen LogP contribution < -0.4 is 5.32 Å². The number of carbonyl (C=O) groups excluding carboxylic acids is 2. The predicted octanol–water partition coefficient (Wildman–Crippen LogP) is 2.92. The van der Waals surface area contributed by atoms with E-state index in [9.17, 15) is 9.59 Å². The standard InChI is InChI=1S/C22H23N3O4/c1-28-15-13-25(16-20(26)23-19-12-14-29-24-19)22(27)21(17-8-4-2-5-9-17)18-10-6-3-7-11-18/h2-12,14,21H,13,15-16H2,1H3,(H,23,24,26). The van der Waals surface area contributed by atoms with Crippen LogP contribution in [0.3, 0.4) is 0 Å². The van der Waals surface area contributed by atoms with E-state index in [2.05, 4.69) is 10.5 Å². The number of aromatic nitrogens is 1. The van der Waals surface area contributed by atoms with E-state index in [0.29, 0.717) is 12.4 Å². The van der Waals surface area contributed by atoms with Gasteiger partial charge in [0.05, 0.1) is 12.5 Å². The summed E-state index contributed by atoms with van der Waals surface area (Å²) in [6.45, 7) is 0.488. The first-order valence-corrected chi connectivity index (χ1v) is 9.27. The number of carbonyl (C=O) groups is 2. The third kappa shape index (κ3) is 5.52. The van der Waals surface area contributed by atoms with Crippen LogP contribution in [-0.2, 0) is 14.3 Å². The summed E-state index contributed by atoms with van der Waals surface area (Å²) in [6.07, 6.45) is 1.37. The third-order valence-electron chi connectivity index (χ3n) is 4.43. The first-order chi connectivity index (χ1) is 14.2. The number of nitrogens with zero attached hydrogens (tertiary/aromatic N) is 2. The van der Waals surface area contributed by atoms with Gasteiger partial charge in [-0.05, 0) is 11.1 Å². The zero-order chi connectivity index (χ0) is 20.5. The lowest BCUT2D eigenvalue weighted by Crippen LogP contribution is -2.42. The van der Waals surface area contributed by atoms with Crippen LogP contribution in [0.1, 0.15) is 17.0 Å². The van der Waals surface area contributed by atoms with Crippen LogP contribution >= 0.6 is 0 Å². The molecule has 0 unspecified atom stereocenters. The molecule has 3 rings (SSSR count). The van der Waals surface area contributed by atoms with Crippen molar-refractivity contribution in [3.05, 3.63) is 84.1 Å². The molecule has 150 valence electrons. The maximum Gasteiger partial charge on any atom is 0.245 e. The van der Waals surface area contributed by atoms with Crippen LogP contribution in [0.5, 0.6) is 0 Å². The van der Waals surface area contributed by atoms with E-state index in [4.69, 9.17) is 9.26 Å². The van der Waals surface area contributed by atoms with Crippen LogP contribution in [-0.4, -0.2) is 48.7 Å². The monoisotopic (exact) mass is 393 g/mol. The van der Waals surface area contributed by atoms with E-state index in [1.807, 2.05) is 60.7 Å². The summed E-state index contributed by atoms with van der Waals surface area (Å²) < 4.78 is 9.87. The highest BCUT2D eigenvalue weighted by molar-refractivity contribution is 5.95. The number of methoxy groups -OCH3 is 1. The van der Waals surface area contributed by atoms with Crippen LogP contribution in [0.4, 0.5) is 5.82 Å². The molecule has 0 bridgehead atoms. The first kappa shape index (κ1) is 20.3. The van der Waals surface area contributed by atoms with Gasteiger partial charge in [0.2, 0.25) is 11.8 Å². The van der Waals surface area contributed by atoms with Gasteiger partial charge in [0.25, 0.3) is 0 Å². The Balaban J connectivity index is 1.85. The van der Waals surface area contributed by atoms with Gasteiger partial charge in [0.1, 0.15) is 12.8 Å². The van der Waals surface area contributed by atoms with Crippen molar-refractivity contribution >= 4 is 17.6 Å². The molecular formula is C22H23N3O4. The summed E-state index contributed by atoms with van der Waals surface area (Å²) in [4.78, 5) is 27.5. The SMILES string of the molecule is COCCN(CC(=O)Nc1ccon1)C(=O)C(c1ccccc1)c1ccccc1. The number of anilines is 1. The molecule has 0 saturated carbocycles. The van der Waals surface area contributed by atoms with E-state index < -0.39 is 5.92 Å². The van der Waals surface area contributed by atoms with E-state index in [1.54, 1.807) is 7.11 Å². The fourth-order valence-electron chi connectivity index (χ4n) is 3.05. The summed E-state index contributed by atoms with van der Waals surface area (Å²) in [5, 5.41) is 6.29. The Morgan fingerprint density at radius 3 is 2.17 bits per heavy atom. The smallest absolute Gasteiger partial charge is 0.245 e. The highest BCUT2D eigenvalue weighted by Crippen LogP contribution is 2.27. The average Bonchev–Trinajstić information content (AvgIpc) is 3.25. The van der Waals surface area contributed by atoms with Crippen molar-refractivity contribution < 1.29 is 18.8 Å². The topological polar surface area (TPSA) is 84.7 Å². The second-order valence-electron chi connectivity index (χ2n) is 6.44. The Morgan fingerprint density at radius 1 is 1.03 bits per heavy atom. The van der Waals surface area contributed by atoms with Crippen LogP contribution in [0.25, 0.3) is 0 Å². The third-order valence-corrected chi connectivity index (χ3v) is 4.43. The maximum absolute atomic E-state index is 13.5. The molecule has 0 aliphatic carbocycles. The van der Waals surface area contributed by atoms with Gasteiger partial charge in [-0.1, -0.05) is 65.8 Å². The minimum Gasteiger partial charge on any atom is -0.383 e. The highest BCUT2D eigenvalue weighted by Gasteiger charge is 2.28. The molecule has 7 heteroatoms. The second kappa shape index (κ2) is 10.2. The highest BCUT2D eigenvalue weighted by atomic mass is 16.5. The number of benzene rings is 2. The molecule has 0 spiro atoms. The van der Waals surface area contributed by atoms with Crippen LogP contribution in [0, 0.1) is 0 Å². The lowest BCUT2D eigenvalue weighted by molar-refractivity contribution is -0.135. The van der Waals surface area contributed by atoms with Crippen molar-refractivity contribution in [2.45, 2.75) is 5.92 Å². The summed E-state index contributed by atoms with van der Waals surface area (Å²) in [7, 11) is 1.56. The normalized spacial score (nSPS) is 10.7. The molecule has 0 saturated heterocycles. The number of hydrogen-bond donors (Lipinski definition) is 1. The van der Waals surface area contributed by atoms with Gasteiger partial charge in [-0.2, -0.15) is 0 Å². The maximum atomic E-state index is 13.5.